The number of benzene rings is 2. The lowest BCUT2D eigenvalue weighted by Crippen LogP contribution is -2.17. The van der Waals surface area contributed by atoms with Crippen LogP contribution in [0, 0.1) is 5.92 Å². The van der Waals surface area contributed by atoms with E-state index in [2.05, 4.69) is 42.5 Å². The Hall–Kier alpha value is -1.34. The van der Waals surface area contributed by atoms with Crippen LogP contribution in [0.4, 0.5) is 0 Å². The highest BCUT2D eigenvalue weighted by Gasteiger charge is 2.27. The maximum atomic E-state index is 5.87. The smallest absolute Gasteiger partial charge is 0.00430 e. The Morgan fingerprint density at radius 2 is 1.82 bits per heavy atom. The first-order valence-electron chi connectivity index (χ1n) is 6.57. The van der Waals surface area contributed by atoms with E-state index < -0.39 is 0 Å². The minimum atomic E-state index is 0.685. The summed E-state index contributed by atoms with van der Waals surface area (Å²) in [5, 5.41) is 2.69. The zero-order valence-electron chi connectivity index (χ0n) is 10.1. The monoisotopic (exact) mass is 225 g/mol. The summed E-state index contributed by atoms with van der Waals surface area (Å²) in [4.78, 5) is 0. The summed E-state index contributed by atoms with van der Waals surface area (Å²) in [5.74, 6) is 1.38. The van der Waals surface area contributed by atoms with E-state index in [4.69, 9.17) is 5.73 Å². The van der Waals surface area contributed by atoms with Crippen molar-refractivity contribution in [3.8, 4) is 0 Å². The lowest BCUT2D eigenvalue weighted by atomic mass is 9.88. The number of rotatable bonds is 2. The summed E-state index contributed by atoms with van der Waals surface area (Å²) < 4.78 is 0. The quantitative estimate of drug-likeness (QED) is 0.829. The lowest BCUT2D eigenvalue weighted by molar-refractivity contribution is 0.496. The molecule has 1 nitrogen and oxygen atoms in total. The van der Waals surface area contributed by atoms with Crippen molar-refractivity contribution in [1.82, 2.24) is 0 Å². The number of nitrogens with two attached hydrogens (primary N) is 1. The van der Waals surface area contributed by atoms with Crippen LogP contribution in [0.1, 0.15) is 30.7 Å². The highest BCUT2D eigenvalue weighted by molar-refractivity contribution is 5.83. The van der Waals surface area contributed by atoms with E-state index in [0.717, 1.165) is 6.54 Å². The van der Waals surface area contributed by atoms with Gasteiger partial charge in [0, 0.05) is 0 Å². The van der Waals surface area contributed by atoms with E-state index in [1.165, 1.54) is 35.6 Å². The van der Waals surface area contributed by atoms with Crippen LogP contribution >= 0.6 is 0 Å². The van der Waals surface area contributed by atoms with Crippen molar-refractivity contribution in [3.05, 3.63) is 48.0 Å². The van der Waals surface area contributed by atoms with Crippen LogP contribution in [0.3, 0.4) is 0 Å². The Bertz CT molecular complexity index is 518. The SMILES string of the molecule is NCC1CCCC1c1ccc2ccccc2c1. The molecule has 1 saturated carbocycles. The fourth-order valence-corrected chi connectivity index (χ4v) is 3.20. The molecule has 2 atom stereocenters. The van der Waals surface area contributed by atoms with Crippen molar-refractivity contribution in [2.45, 2.75) is 25.2 Å². The molecule has 17 heavy (non-hydrogen) atoms. The lowest BCUT2D eigenvalue weighted by Gasteiger charge is -2.18. The third kappa shape index (κ3) is 1.96. The van der Waals surface area contributed by atoms with Crippen LogP contribution in [-0.2, 0) is 0 Å². The fraction of sp³-hybridized carbons (Fsp3) is 0.375. The Balaban J connectivity index is 2.00. The van der Waals surface area contributed by atoms with Gasteiger partial charge in [0.05, 0.1) is 0 Å². The summed E-state index contributed by atoms with van der Waals surface area (Å²) in [5.41, 5.74) is 7.36. The Kier molecular flexibility index (Phi) is 2.86. The average molecular weight is 225 g/mol. The van der Waals surface area contributed by atoms with E-state index in [-0.39, 0.29) is 0 Å². The van der Waals surface area contributed by atoms with Gasteiger partial charge in [-0.25, -0.2) is 0 Å². The van der Waals surface area contributed by atoms with Gasteiger partial charge in [-0.3, -0.25) is 0 Å². The highest BCUT2D eigenvalue weighted by Crippen LogP contribution is 2.39. The van der Waals surface area contributed by atoms with Gasteiger partial charge in [-0.2, -0.15) is 0 Å². The van der Waals surface area contributed by atoms with Crippen LogP contribution < -0.4 is 5.73 Å². The second-order valence-electron chi connectivity index (χ2n) is 5.14. The van der Waals surface area contributed by atoms with Gasteiger partial charge in [0.2, 0.25) is 0 Å². The second kappa shape index (κ2) is 4.50. The molecule has 3 rings (SSSR count). The topological polar surface area (TPSA) is 26.0 Å². The van der Waals surface area contributed by atoms with Crippen LogP contribution in [-0.4, -0.2) is 6.54 Å². The minimum absolute atomic E-state index is 0.685. The van der Waals surface area contributed by atoms with Crippen molar-refractivity contribution in [2.75, 3.05) is 6.54 Å². The molecule has 1 aliphatic carbocycles. The van der Waals surface area contributed by atoms with E-state index in [1.54, 1.807) is 0 Å². The molecule has 0 amide bonds. The molecule has 2 aromatic carbocycles. The van der Waals surface area contributed by atoms with E-state index >= 15 is 0 Å². The Morgan fingerprint density at radius 1 is 1.00 bits per heavy atom. The fourth-order valence-electron chi connectivity index (χ4n) is 3.20. The van der Waals surface area contributed by atoms with Crippen LogP contribution in [0.5, 0.6) is 0 Å². The van der Waals surface area contributed by atoms with Crippen molar-refractivity contribution in [3.63, 3.8) is 0 Å². The molecular weight excluding hydrogens is 206 g/mol. The molecule has 0 radical (unpaired) electrons. The predicted octanol–water partition coefficient (Wildman–Crippen LogP) is 3.68. The number of fused-ring (bicyclic) bond motifs is 1. The molecular formula is C16H19N. The molecule has 0 aromatic heterocycles. The molecule has 0 heterocycles. The zero-order valence-corrected chi connectivity index (χ0v) is 10.1. The van der Waals surface area contributed by atoms with Crippen molar-refractivity contribution in [1.29, 1.82) is 0 Å². The molecule has 2 aromatic rings. The highest BCUT2D eigenvalue weighted by atomic mass is 14.6. The van der Waals surface area contributed by atoms with Gasteiger partial charge in [-0.05, 0) is 47.6 Å². The molecule has 2 unspecified atom stereocenters. The molecule has 1 fully saturated rings. The van der Waals surface area contributed by atoms with E-state index in [9.17, 15) is 0 Å². The number of hydrogen-bond donors (Lipinski definition) is 1. The number of hydrogen-bond acceptors (Lipinski definition) is 1. The summed E-state index contributed by atoms with van der Waals surface area (Å²) in [7, 11) is 0. The van der Waals surface area contributed by atoms with E-state index in [0.29, 0.717) is 11.8 Å². The van der Waals surface area contributed by atoms with Gasteiger partial charge in [-0.1, -0.05) is 48.9 Å². The molecule has 2 N–H and O–H groups in total. The van der Waals surface area contributed by atoms with Gasteiger partial charge in [-0.15, -0.1) is 0 Å². The van der Waals surface area contributed by atoms with Crippen LogP contribution in [0.15, 0.2) is 42.5 Å². The molecule has 1 aliphatic rings. The van der Waals surface area contributed by atoms with Gasteiger partial charge in [0.15, 0.2) is 0 Å². The molecule has 1 heteroatoms. The van der Waals surface area contributed by atoms with Crippen molar-refractivity contribution < 1.29 is 0 Å². The van der Waals surface area contributed by atoms with Gasteiger partial charge < -0.3 is 5.73 Å². The molecule has 0 bridgehead atoms. The molecule has 0 aliphatic heterocycles. The second-order valence-corrected chi connectivity index (χ2v) is 5.14. The van der Waals surface area contributed by atoms with E-state index in [1.807, 2.05) is 0 Å². The van der Waals surface area contributed by atoms with Crippen molar-refractivity contribution in [2.24, 2.45) is 11.7 Å². The third-order valence-corrected chi connectivity index (χ3v) is 4.16. The van der Waals surface area contributed by atoms with Crippen LogP contribution in [0.2, 0.25) is 0 Å². The molecule has 88 valence electrons. The Morgan fingerprint density at radius 3 is 2.65 bits per heavy atom. The Labute approximate surface area is 103 Å². The summed E-state index contributed by atoms with van der Waals surface area (Å²) in [6, 6.07) is 15.5. The normalized spacial score (nSPS) is 24.3. The standard InChI is InChI=1S/C16H19N/c17-11-15-6-3-7-16(15)14-9-8-12-4-1-2-5-13(12)10-14/h1-2,4-5,8-10,15-16H,3,6-7,11,17H2. The minimum Gasteiger partial charge on any atom is -0.330 e. The van der Waals surface area contributed by atoms with Crippen molar-refractivity contribution >= 4 is 10.8 Å². The predicted molar refractivity (Wildman–Crippen MR) is 73.1 cm³/mol. The van der Waals surface area contributed by atoms with Gasteiger partial charge in [0.25, 0.3) is 0 Å². The zero-order chi connectivity index (χ0) is 11.7. The first-order chi connectivity index (χ1) is 8.38. The molecule has 0 saturated heterocycles. The molecule has 0 spiro atoms. The van der Waals surface area contributed by atoms with Gasteiger partial charge in [0.1, 0.15) is 0 Å². The maximum absolute atomic E-state index is 5.87. The summed E-state index contributed by atoms with van der Waals surface area (Å²) >= 11 is 0. The average Bonchev–Trinajstić information content (AvgIpc) is 2.86. The maximum Gasteiger partial charge on any atom is -0.00430 e. The van der Waals surface area contributed by atoms with Gasteiger partial charge >= 0.3 is 0 Å². The first-order valence-corrected chi connectivity index (χ1v) is 6.57. The first kappa shape index (κ1) is 10.8. The summed E-state index contributed by atoms with van der Waals surface area (Å²) in [6.07, 6.45) is 3.94. The largest absolute Gasteiger partial charge is 0.330 e. The third-order valence-electron chi connectivity index (χ3n) is 4.16. The van der Waals surface area contributed by atoms with Crippen LogP contribution in [0.25, 0.3) is 10.8 Å². The summed E-state index contributed by atoms with van der Waals surface area (Å²) in [6.45, 7) is 0.831.